The molecule has 7 aromatic rings. The molecule has 0 atom stereocenters. The van der Waals surface area contributed by atoms with E-state index in [1.165, 1.54) is 0 Å². The van der Waals surface area contributed by atoms with Crippen molar-refractivity contribution in [2.24, 2.45) is 0 Å². The van der Waals surface area contributed by atoms with Gasteiger partial charge in [-0.25, -0.2) is 4.98 Å². The van der Waals surface area contributed by atoms with Crippen LogP contribution in [-0.2, 0) is 0 Å². The van der Waals surface area contributed by atoms with E-state index in [-0.39, 0.29) is 5.56 Å². The van der Waals surface area contributed by atoms with Gasteiger partial charge >= 0.3 is 0 Å². The van der Waals surface area contributed by atoms with E-state index in [9.17, 15) is 4.79 Å². The van der Waals surface area contributed by atoms with E-state index in [0.717, 1.165) is 38.3 Å². The number of nitrogens with zero attached hydrogens (tertiary/aromatic N) is 3. The van der Waals surface area contributed by atoms with Gasteiger partial charge in [0.15, 0.2) is 11.3 Å². The first-order valence-electron chi connectivity index (χ1n) is 10.6. The van der Waals surface area contributed by atoms with Gasteiger partial charge in [-0.1, -0.05) is 78.9 Å². The number of benzene rings is 4. The molecular weight excluding hydrogens is 394 g/mol. The number of fused-ring (bicyclic) bond motifs is 9. The fraction of sp³-hybridized carbons (Fsp3) is 0. The minimum atomic E-state index is -0.0437. The van der Waals surface area contributed by atoms with Gasteiger partial charge in [-0.3, -0.25) is 13.8 Å². The maximum absolute atomic E-state index is 14.1. The van der Waals surface area contributed by atoms with E-state index in [0.29, 0.717) is 16.7 Å². The Morgan fingerprint density at radius 3 is 1.91 bits per heavy atom. The van der Waals surface area contributed by atoms with Crippen molar-refractivity contribution in [3.63, 3.8) is 0 Å². The lowest BCUT2D eigenvalue weighted by molar-refractivity contribution is 1.09. The van der Waals surface area contributed by atoms with Crippen LogP contribution in [0.15, 0.2) is 108 Å². The van der Waals surface area contributed by atoms with Gasteiger partial charge in [-0.15, -0.1) is 0 Å². The smallest absolute Gasteiger partial charge is 0.268 e. The van der Waals surface area contributed by atoms with Crippen molar-refractivity contribution in [2.75, 3.05) is 0 Å². The van der Waals surface area contributed by atoms with Crippen LogP contribution in [0.4, 0.5) is 0 Å². The Bertz CT molecular complexity index is 1900. The molecule has 0 saturated carbocycles. The molecule has 0 aliphatic carbocycles. The van der Waals surface area contributed by atoms with Crippen LogP contribution in [0.2, 0.25) is 0 Å². The molecule has 0 unspecified atom stereocenters. The molecule has 7 rings (SSSR count). The molecule has 32 heavy (non-hydrogen) atoms. The number of aromatic nitrogens is 3. The van der Waals surface area contributed by atoms with Gasteiger partial charge in [0.25, 0.3) is 5.56 Å². The molecule has 4 aromatic carbocycles. The zero-order chi connectivity index (χ0) is 21.2. The highest BCUT2D eigenvalue weighted by molar-refractivity contribution is 6.14. The summed E-state index contributed by atoms with van der Waals surface area (Å²) >= 11 is 0. The highest BCUT2D eigenvalue weighted by Gasteiger charge is 2.20. The Hall–Kier alpha value is -4.44. The second-order valence-corrected chi connectivity index (χ2v) is 8.03. The predicted molar refractivity (Wildman–Crippen MR) is 131 cm³/mol. The lowest BCUT2D eigenvalue weighted by Gasteiger charge is -2.12. The summed E-state index contributed by atoms with van der Waals surface area (Å²) in [5.74, 6) is 0. The van der Waals surface area contributed by atoms with Gasteiger partial charge in [0.05, 0.1) is 16.4 Å². The lowest BCUT2D eigenvalue weighted by atomic mass is 10.1. The maximum atomic E-state index is 14.1. The molecule has 0 aliphatic rings. The van der Waals surface area contributed by atoms with Gasteiger partial charge in [-0.2, -0.15) is 0 Å². The van der Waals surface area contributed by atoms with Crippen molar-refractivity contribution in [2.45, 2.75) is 0 Å². The molecule has 0 spiro atoms. The van der Waals surface area contributed by atoms with E-state index >= 15 is 0 Å². The molecule has 0 saturated heterocycles. The van der Waals surface area contributed by atoms with E-state index in [4.69, 9.17) is 4.98 Å². The SMILES string of the molecule is O=c1c2c3ccccc3n(-c3ccccc3)c2nc2c3ccccc3c3ccccc3n12. The first kappa shape index (κ1) is 17.3. The van der Waals surface area contributed by atoms with Crippen LogP contribution >= 0.6 is 0 Å². The first-order chi connectivity index (χ1) is 15.8. The highest BCUT2D eigenvalue weighted by atomic mass is 16.1. The third-order valence-electron chi connectivity index (χ3n) is 6.31. The van der Waals surface area contributed by atoms with Crippen molar-refractivity contribution in [3.05, 3.63) is 113 Å². The fourth-order valence-corrected chi connectivity index (χ4v) is 4.95. The van der Waals surface area contributed by atoms with Gasteiger partial charge in [0.1, 0.15) is 0 Å². The molecule has 0 radical (unpaired) electrons. The molecule has 0 bridgehead atoms. The first-order valence-corrected chi connectivity index (χ1v) is 10.6. The monoisotopic (exact) mass is 411 g/mol. The third kappa shape index (κ3) is 2.16. The molecule has 4 nitrogen and oxygen atoms in total. The maximum Gasteiger partial charge on any atom is 0.268 e. The van der Waals surface area contributed by atoms with Crippen LogP contribution in [0.1, 0.15) is 0 Å². The average Bonchev–Trinajstić information content (AvgIpc) is 3.19. The Labute approximate surface area is 182 Å². The summed E-state index contributed by atoms with van der Waals surface area (Å²) in [6.07, 6.45) is 0. The second-order valence-electron chi connectivity index (χ2n) is 8.03. The zero-order valence-corrected chi connectivity index (χ0v) is 17.1. The Morgan fingerprint density at radius 2 is 1.12 bits per heavy atom. The number of hydrogen-bond acceptors (Lipinski definition) is 2. The Kier molecular flexibility index (Phi) is 3.39. The van der Waals surface area contributed by atoms with Gasteiger partial charge in [0, 0.05) is 21.8 Å². The van der Waals surface area contributed by atoms with Crippen LogP contribution < -0.4 is 5.56 Å². The summed E-state index contributed by atoms with van der Waals surface area (Å²) in [4.78, 5) is 19.3. The molecule has 4 heteroatoms. The molecule has 0 amide bonds. The topological polar surface area (TPSA) is 39.3 Å². The van der Waals surface area contributed by atoms with Gasteiger partial charge < -0.3 is 0 Å². The molecule has 0 N–H and O–H groups in total. The Balaban J connectivity index is 1.83. The summed E-state index contributed by atoms with van der Waals surface area (Å²) in [6, 6.07) is 34.4. The zero-order valence-electron chi connectivity index (χ0n) is 17.1. The number of rotatable bonds is 1. The molecule has 3 aromatic heterocycles. The van der Waals surface area contributed by atoms with E-state index in [1.807, 2.05) is 84.9 Å². The molecule has 0 fully saturated rings. The van der Waals surface area contributed by atoms with Crippen molar-refractivity contribution in [1.29, 1.82) is 0 Å². The fourth-order valence-electron chi connectivity index (χ4n) is 4.95. The predicted octanol–water partition coefficient (Wildman–Crippen LogP) is 6.10. The molecular formula is C28H17N3O. The summed E-state index contributed by atoms with van der Waals surface area (Å²) in [5, 5.41) is 4.66. The molecule has 150 valence electrons. The largest absolute Gasteiger partial charge is 0.294 e. The lowest BCUT2D eigenvalue weighted by Crippen LogP contribution is -2.16. The van der Waals surface area contributed by atoms with E-state index in [2.05, 4.69) is 22.8 Å². The Morgan fingerprint density at radius 1 is 0.531 bits per heavy atom. The van der Waals surface area contributed by atoms with Crippen molar-refractivity contribution >= 4 is 49.3 Å². The second kappa shape index (κ2) is 6.28. The van der Waals surface area contributed by atoms with Crippen molar-refractivity contribution in [3.8, 4) is 5.69 Å². The number of hydrogen-bond donors (Lipinski definition) is 0. The quantitative estimate of drug-likeness (QED) is 0.306. The van der Waals surface area contributed by atoms with Crippen LogP contribution in [0.3, 0.4) is 0 Å². The van der Waals surface area contributed by atoms with Gasteiger partial charge in [0.2, 0.25) is 0 Å². The van der Waals surface area contributed by atoms with Crippen molar-refractivity contribution < 1.29 is 0 Å². The van der Waals surface area contributed by atoms with Crippen LogP contribution in [0, 0.1) is 0 Å². The number of pyridine rings is 1. The summed E-state index contributed by atoms with van der Waals surface area (Å²) in [7, 11) is 0. The normalized spacial score (nSPS) is 11.9. The van der Waals surface area contributed by atoms with Crippen molar-refractivity contribution in [1.82, 2.24) is 14.0 Å². The molecule has 3 heterocycles. The van der Waals surface area contributed by atoms with E-state index < -0.39 is 0 Å². The minimum Gasteiger partial charge on any atom is -0.294 e. The van der Waals surface area contributed by atoms with E-state index in [1.54, 1.807) is 4.40 Å². The van der Waals surface area contributed by atoms with Crippen LogP contribution in [0.25, 0.3) is 54.9 Å². The minimum absolute atomic E-state index is 0.0437. The standard InChI is InChI=1S/C28H17N3O/c32-28-25-22-15-7-9-17-24(22)30(18-10-2-1-3-11-18)27(25)29-26-21-14-5-4-12-19(21)20-13-6-8-16-23(20)31(26)28/h1-17H. The summed E-state index contributed by atoms with van der Waals surface area (Å²) in [6.45, 7) is 0. The number of para-hydroxylation sites is 3. The molecule has 0 aliphatic heterocycles. The summed E-state index contributed by atoms with van der Waals surface area (Å²) in [5.41, 5.74) is 4.15. The average molecular weight is 411 g/mol. The third-order valence-corrected chi connectivity index (χ3v) is 6.31. The van der Waals surface area contributed by atoms with Gasteiger partial charge in [-0.05, 0) is 29.7 Å². The summed E-state index contributed by atoms with van der Waals surface area (Å²) < 4.78 is 3.87. The van der Waals surface area contributed by atoms with Crippen LogP contribution in [0.5, 0.6) is 0 Å². The highest BCUT2D eigenvalue weighted by Crippen LogP contribution is 2.32. The van der Waals surface area contributed by atoms with Crippen LogP contribution in [-0.4, -0.2) is 14.0 Å².